The van der Waals surface area contributed by atoms with Crippen LogP contribution in [0.5, 0.6) is 11.5 Å². The Bertz CT molecular complexity index is 1470. The number of halogens is 1. The standard InChI is InChI=1S/C24H16ClN3O6S/c1-33-19-12-14(6-11-18(19)34-24(30)15-7-9-16(10-8-15)28(31)32)13-26-27-23(29)22-21(25)17-4-2-3-5-20(17)35-22/h2-13H,1H3,(H,27,29)/b26-13-. The molecule has 0 saturated heterocycles. The molecule has 0 atom stereocenters. The van der Waals surface area contributed by atoms with Crippen molar-refractivity contribution in [3.8, 4) is 11.5 Å². The first-order valence-electron chi connectivity index (χ1n) is 10.0. The maximum Gasteiger partial charge on any atom is 0.343 e. The summed E-state index contributed by atoms with van der Waals surface area (Å²) in [4.78, 5) is 35.4. The number of nitrogens with one attached hydrogen (secondary N) is 1. The second kappa shape index (κ2) is 10.3. The molecule has 0 spiro atoms. The molecular weight excluding hydrogens is 494 g/mol. The Morgan fingerprint density at radius 3 is 2.51 bits per heavy atom. The van der Waals surface area contributed by atoms with Crippen molar-refractivity contribution in [2.45, 2.75) is 0 Å². The fourth-order valence-electron chi connectivity index (χ4n) is 3.10. The van der Waals surface area contributed by atoms with Crippen LogP contribution in [0.15, 0.2) is 71.8 Å². The lowest BCUT2D eigenvalue weighted by atomic mass is 10.2. The van der Waals surface area contributed by atoms with Crippen molar-refractivity contribution in [3.05, 3.63) is 97.9 Å². The summed E-state index contributed by atoms with van der Waals surface area (Å²) in [6.45, 7) is 0. The summed E-state index contributed by atoms with van der Waals surface area (Å²) in [5.41, 5.74) is 3.03. The largest absolute Gasteiger partial charge is 0.493 e. The monoisotopic (exact) mass is 509 g/mol. The molecule has 9 nitrogen and oxygen atoms in total. The molecule has 0 aliphatic carbocycles. The summed E-state index contributed by atoms with van der Waals surface area (Å²) in [6.07, 6.45) is 1.41. The molecule has 3 aromatic carbocycles. The van der Waals surface area contributed by atoms with Crippen molar-refractivity contribution in [1.29, 1.82) is 0 Å². The van der Waals surface area contributed by atoms with E-state index in [1.54, 1.807) is 12.1 Å². The maximum atomic E-state index is 12.5. The van der Waals surface area contributed by atoms with Gasteiger partial charge in [0, 0.05) is 22.2 Å². The molecule has 1 amide bonds. The first kappa shape index (κ1) is 23.9. The van der Waals surface area contributed by atoms with Gasteiger partial charge in [-0.05, 0) is 42.0 Å². The Morgan fingerprint density at radius 2 is 1.83 bits per heavy atom. The molecule has 0 saturated carbocycles. The zero-order valence-corrected chi connectivity index (χ0v) is 19.6. The smallest absolute Gasteiger partial charge is 0.343 e. The van der Waals surface area contributed by atoms with Crippen LogP contribution in [0, 0.1) is 10.1 Å². The topological polar surface area (TPSA) is 120 Å². The zero-order chi connectivity index (χ0) is 24.9. The highest BCUT2D eigenvalue weighted by molar-refractivity contribution is 7.21. The van der Waals surface area contributed by atoms with Crippen LogP contribution in [0.3, 0.4) is 0 Å². The lowest BCUT2D eigenvalue weighted by molar-refractivity contribution is -0.384. The van der Waals surface area contributed by atoms with E-state index in [4.69, 9.17) is 21.1 Å². The maximum absolute atomic E-state index is 12.5. The number of benzene rings is 3. The summed E-state index contributed by atoms with van der Waals surface area (Å²) in [5.74, 6) is -0.739. The number of carbonyl (C=O) groups is 2. The van der Waals surface area contributed by atoms with Crippen molar-refractivity contribution < 1.29 is 24.0 Å². The van der Waals surface area contributed by atoms with E-state index in [1.165, 1.54) is 55.0 Å². The Kier molecular flexibility index (Phi) is 7.04. The summed E-state index contributed by atoms with van der Waals surface area (Å²) < 4.78 is 11.5. The number of ether oxygens (including phenoxy) is 2. The Balaban J connectivity index is 1.43. The van der Waals surface area contributed by atoms with Crippen molar-refractivity contribution in [2.75, 3.05) is 7.11 Å². The van der Waals surface area contributed by atoms with E-state index in [2.05, 4.69) is 10.5 Å². The predicted octanol–water partition coefficient (Wildman–Crippen LogP) is 5.45. The van der Waals surface area contributed by atoms with Gasteiger partial charge in [-0.25, -0.2) is 10.2 Å². The van der Waals surface area contributed by atoms with Crippen LogP contribution >= 0.6 is 22.9 Å². The quantitative estimate of drug-likeness (QED) is 0.116. The van der Waals surface area contributed by atoms with E-state index in [1.807, 2.05) is 24.3 Å². The summed E-state index contributed by atoms with van der Waals surface area (Å²) in [7, 11) is 1.41. The fraction of sp³-hybridized carbons (Fsp3) is 0.0417. The average molecular weight is 510 g/mol. The second-order valence-electron chi connectivity index (χ2n) is 7.04. The lowest BCUT2D eigenvalue weighted by Crippen LogP contribution is -2.16. The molecule has 1 heterocycles. The molecule has 35 heavy (non-hydrogen) atoms. The molecule has 176 valence electrons. The number of carbonyl (C=O) groups excluding carboxylic acids is 2. The SMILES string of the molecule is COc1cc(/C=N\NC(=O)c2sc3ccccc3c2Cl)ccc1OC(=O)c1ccc([N+](=O)[O-])cc1. The van der Waals surface area contributed by atoms with E-state index in [0.29, 0.717) is 15.5 Å². The van der Waals surface area contributed by atoms with E-state index >= 15 is 0 Å². The molecule has 1 N–H and O–H groups in total. The number of thiophene rings is 1. The third-order valence-corrected chi connectivity index (χ3v) is 6.50. The molecule has 0 unspecified atom stereocenters. The number of hydrogen-bond acceptors (Lipinski definition) is 8. The van der Waals surface area contributed by atoms with Gasteiger partial charge in [0.15, 0.2) is 11.5 Å². The average Bonchev–Trinajstić information content (AvgIpc) is 3.21. The van der Waals surface area contributed by atoms with Gasteiger partial charge in [0.2, 0.25) is 0 Å². The number of hydrazone groups is 1. The normalized spacial score (nSPS) is 10.9. The van der Waals surface area contributed by atoms with Crippen LogP contribution in [0.1, 0.15) is 25.6 Å². The minimum Gasteiger partial charge on any atom is -0.493 e. The van der Waals surface area contributed by atoms with E-state index < -0.39 is 16.8 Å². The first-order valence-corrected chi connectivity index (χ1v) is 11.2. The van der Waals surface area contributed by atoms with Gasteiger partial charge in [0.25, 0.3) is 11.6 Å². The third kappa shape index (κ3) is 5.29. The number of rotatable bonds is 7. The highest BCUT2D eigenvalue weighted by atomic mass is 35.5. The van der Waals surface area contributed by atoms with Crippen molar-refractivity contribution in [1.82, 2.24) is 5.43 Å². The fourth-order valence-corrected chi connectivity index (χ4v) is 4.51. The molecule has 4 rings (SSSR count). The molecular formula is C24H16ClN3O6S. The van der Waals surface area contributed by atoms with Crippen molar-refractivity contribution >= 4 is 56.8 Å². The number of esters is 1. The molecule has 0 fully saturated rings. The molecule has 0 radical (unpaired) electrons. The minimum absolute atomic E-state index is 0.135. The Labute approximate surface area is 207 Å². The predicted molar refractivity (Wildman–Crippen MR) is 133 cm³/mol. The lowest BCUT2D eigenvalue weighted by Gasteiger charge is -2.10. The van der Waals surface area contributed by atoms with E-state index in [9.17, 15) is 19.7 Å². The number of nitrogens with zero attached hydrogens (tertiary/aromatic N) is 2. The van der Waals surface area contributed by atoms with E-state index in [0.717, 1.165) is 10.1 Å². The number of nitro groups is 1. The minimum atomic E-state index is -0.702. The summed E-state index contributed by atoms with van der Waals surface area (Å²) in [5, 5.41) is 15.9. The van der Waals surface area contributed by atoms with Gasteiger partial charge in [-0.15, -0.1) is 11.3 Å². The first-order chi connectivity index (χ1) is 16.9. The van der Waals surface area contributed by atoms with Crippen LogP contribution in [-0.4, -0.2) is 30.1 Å². The van der Waals surface area contributed by atoms with Gasteiger partial charge in [-0.2, -0.15) is 5.10 Å². The number of fused-ring (bicyclic) bond motifs is 1. The van der Waals surface area contributed by atoms with Crippen LogP contribution in [0.4, 0.5) is 5.69 Å². The van der Waals surface area contributed by atoms with Crippen LogP contribution in [0.2, 0.25) is 5.02 Å². The van der Waals surface area contributed by atoms with Crippen molar-refractivity contribution in [3.63, 3.8) is 0 Å². The van der Waals surface area contributed by atoms with Gasteiger partial charge in [0.05, 0.1) is 28.8 Å². The molecule has 0 aliphatic heterocycles. The van der Waals surface area contributed by atoms with Crippen LogP contribution in [-0.2, 0) is 0 Å². The molecule has 11 heteroatoms. The summed E-state index contributed by atoms with van der Waals surface area (Å²) in [6, 6.07) is 17.2. The van der Waals surface area contributed by atoms with Gasteiger partial charge in [-0.1, -0.05) is 29.8 Å². The zero-order valence-electron chi connectivity index (χ0n) is 18.1. The molecule has 4 aromatic rings. The second-order valence-corrected chi connectivity index (χ2v) is 8.47. The number of nitro benzene ring substituents is 1. The third-order valence-electron chi connectivity index (χ3n) is 4.83. The number of methoxy groups -OCH3 is 1. The van der Waals surface area contributed by atoms with Crippen LogP contribution < -0.4 is 14.9 Å². The molecule has 1 aromatic heterocycles. The number of amides is 1. The molecule has 0 aliphatic rings. The van der Waals surface area contributed by atoms with Crippen LogP contribution in [0.25, 0.3) is 10.1 Å². The van der Waals surface area contributed by atoms with Gasteiger partial charge < -0.3 is 9.47 Å². The highest BCUT2D eigenvalue weighted by Crippen LogP contribution is 2.35. The summed E-state index contributed by atoms with van der Waals surface area (Å²) >= 11 is 7.59. The Morgan fingerprint density at radius 1 is 1.09 bits per heavy atom. The van der Waals surface area contributed by atoms with Gasteiger partial charge in [-0.3, -0.25) is 14.9 Å². The molecule has 0 bridgehead atoms. The van der Waals surface area contributed by atoms with Gasteiger partial charge in [0.1, 0.15) is 4.88 Å². The Hall–Kier alpha value is -4.28. The number of non-ortho nitro benzene ring substituents is 1. The highest BCUT2D eigenvalue weighted by Gasteiger charge is 2.17. The van der Waals surface area contributed by atoms with E-state index in [-0.39, 0.29) is 22.7 Å². The number of hydrogen-bond donors (Lipinski definition) is 1. The van der Waals surface area contributed by atoms with Crippen molar-refractivity contribution in [2.24, 2.45) is 5.10 Å². The van der Waals surface area contributed by atoms with Gasteiger partial charge >= 0.3 is 5.97 Å².